The first-order chi connectivity index (χ1) is 20.1. The minimum atomic E-state index is -0.638. The molecule has 0 unspecified atom stereocenters. The Kier molecular flexibility index (Phi) is 9.83. The lowest BCUT2D eigenvalue weighted by Crippen LogP contribution is -2.39. The highest BCUT2D eigenvalue weighted by Crippen LogP contribution is 2.32. The topological polar surface area (TPSA) is 69.9 Å². The third kappa shape index (κ3) is 6.50. The first-order valence-electron chi connectivity index (χ1n) is 12.9. The third-order valence-electron chi connectivity index (χ3n) is 6.60. The molecular weight excluding hydrogens is 821 g/mol. The molecule has 0 aliphatic carbocycles. The molecule has 0 radical (unpaired) electrons. The van der Waals surface area contributed by atoms with E-state index >= 15 is 0 Å². The normalized spacial score (nSPS) is 14.9. The fourth-order valence-electron chi connectivity index (χ4n) is 4.59. The van der Waals surface area contributed by atoms with Gasteiger partial charge in [0, 0.05) is 0 Å². The number of ether oxygens (including phenoxy) is 2. The highest BCUT2D eigenvalue weighted by molar-refractivity contribution is 14.1. The SMILES string of the molecule is CCOC(=O)C1=C(C)N=c2s/c(=C\c3cc(I)c(OCc4ccc(Cl)c(Cl)c4)c(I)c3)c(=O)n2[C@H]1c1ccc(C)cc1. The lowest BCUT2D eigenvalue weighted by atomic mass is 9.95. The fraction of sp³-hybridized carbons (Fsp3) is 0.194. The zero-order chi connectivity index (χ0) is 30.1. The molecule has 216 valence electrons. The van der Waals surface area contributed by atoms with Crippen LogP contribution in [0.1, 0.15) is 42.1 Å². The number of rotatable bonds is 7. The number of aromatic nitrogens is 1. The third-order valence-corrected chi connectivity index (χ3v) is 9.92. The Morgan fingerprint density at radius 2 is 1.74 bits per heavy atom. The molecule has 1 aliphatic heterocycles. The van der Waals surface area contributed by atoms with Gasteiger partial charge in [-0.15, -0.1) is 0 Å². The molecule has 0 bridgehead atoms. The molecule has 0 fully saturated rings. The summed E-state index contributed by atoms with van der Waals surface area (Å²) >= 11 is 17.9. The van der Waals surface area contributed by atoms with Crippen molar-refractivity contribution in [1.29, 1.82) is 0 Å². The van der Waals surface area contributed by atoms with Gasteiger partial charge in [-0.1, -0.05) is 70.4 Å². The van der Waals surface area contributed by atoms with Crippen LogP contribution in [0.15, 0.2) is 75.7 Å². The monoisotopic (exact) mass is 844 g/mol. The summed E-state index contributed by atoms with van der Waals surface area (Å²) in [4.78, 5) is 32.2. The number of carbonyl (C=O) groups excluding carboxylic acids is 1. The largest absolute Gasteiger partial charge is 0.487 e. The summed E-state index contributed by atoms with van der Waals surface area (Å²) in [7, 11) is 0. The lowest BCUT2D eigenvalue weighted by Gasteiger charge is -2.24. The molecule has 0 N–H and O–H groups in total. The van der Waals surface area contributed by atoms with Gasteiger partial charge in [0.2, 0.25) is 0 Å². The van der Waals surface area contributed by atoms with Gasteiger partial charge < -0.3 is 9.47 Å². The van der Waals surface area contributed by atoms with E-state index in [0.717, 1.165) is 35.1 Å². The van der Waals surface area contributed by atoms with Gasteiger partial charge in [0.1, 0.15) is 12.4 Å². The molecule has 0 spiro atoms. The maximum atomic E-state index is 13.9. The van der Waals surface area contributed by atoms with Crippen molar-refractivity contribution in [2.24, 2.45) is 4.99 Å². The zero-order valence-corrected chi connectivity index (χ0v) is 29.4. The minimum absolute atomic E-state index is 0.219. The Hall–Kier alpha value is -2.19. The van der Waals surface area contributed by atoms with Crippen molar-refractivity contribution in [3.05, 3.63) is 125 Å². The number of thiazole rings is 1. The Labute approximate surface area is 284 Å². The zero-order valence-electron chi connectivity index (χ0n) is 22.7. The first-order valence-corrected chi connectivity index (χ1v) is 16.6. The van der Waals surface area contributed by atoms with E-state index < -0.39 is 12.0 Å². The smallest absolute Gasteiger partial charge is 0.338 e. The second-order valence-corrected chi connectivity index (χ2v) is 13.7. The Bertz CT molecular complexity index is 1890. The molecule has 11 heteroatoms. The predicted octanol–water partition coefficient (Wildman–Crippen LogP) is 7.20. The Morgan fingerprint density at radius 1 is 1.05 bits per heavy atom. The van der Waals surface area contributed by atoms with Gasteiger partial charge in [-0.2, -0.15) is 0 Å². The highest BCUT2D eigenvalue weighted by atomic mass is 127. The van der Waals surface area contributed by atoms with Crippen LogP contribution in [0.2, 0.25) is 10.0 Å². The van der Waals surface area contributed by atoms with Gasteiger partial charge >= 0.3 is 5.97 Å². The number of aryl methyl sites for hydroxylation is 1. The molecule has 0 saturated heterocycles. The maximum Gasteiger partial charge on any atom is 0.338 e. The number of benzene rings is 3. The number of fused-ring (bicyclic) bond motifs is 1. The fourth-order valence-corrected chi connectivity index (χ4v) is 8.09. The van der Waals surface area contributed by atoms with E-state index in [4.69, 9.17) is 32.7 Å². The standard InChI is InChI=1S/C31H24Cl2I2N2O4S/c1-4-40-30(39)26-17(3)36-31-37(27(26)20-8-5-16(2)6-9-20)29(38)25(42-31)14-19-12-23(34)28(24(35)13-19)41-15-18-7-10-21(32)22(33)11-18/h5-14,27H,4,15H2,1-3H3/b25-14-/t27-/m0/s1. The lowest BCUT2D eigenvalue weighted by molar-refractivity contribution is -0.139. The van der Waals surface area contributed by atoms with Crippen LogP contribution in [0.25, 0.3) is 6.08 Å². The number of halogens is 4. The van der Waals surface area contributed by atoms with Gasteiger partial charge in [-0.3, -0.25) is 9.36 Å². The summed E-state index contributed by atoms with van der Waals surface area (Å²) in [5.74, 6) is 0.272. The number of hydrogen-bond donors (Lipinski definition) is 0. The molecule has 2 heterocycles. The molecule has 3 aromatic carbocycles. The van der Waals surface area contributed by atoms with Gasteiger partial charge in [0.05, 0.1) is 45.6 Å². The van der Waals surface area contributed by atoms with Crippen LogP contribution < -0.4 is 19.6 Å². The minimum Gasteiger partial charge on any atom is -0.487 e. The predicted molar refractivity (Wildman–Crippen MR) is 184 cm³/mol. The summed E-state index contributed by atoms with van der Waals surface area (Å²) in [5, 5.41) is 0.977. The summed E-state index contributed by atoms with van der Waals surface area (Å²) in [6.07, 6.45) is 1.85. The van der Waals surface area contributed by atoms with E-state index in [0.29, 0.717) is 37.3 Å². The summed E-state index contributed by atoms with van der Waals surface area (Å²) in [5.41, 5.74) is 4.34. The average molecular weight is 845 g/mol. The van der Waals surface area contributed by atoms with Crippen LogP contribution >= 0.6 is 79.7 Å². The van der Waals surface area contributed by atoms with E-state index in [1.807, 2.05) is 55.5 Å². The molecule has 0 amide bonds. The van der Waals surface area contributed by atoms with Gasteiger partial charge in [0.15, 0.2) is 4.80 Å². The van der Waals surface area contributed by atoms with Crippen LogP contribution in [0.4, 0.5) is 0 Å². The summed E-state index contributed by atoms with van der Waals surface area (Å²) < 4.78 is 15.4. The molecule has 1 atom stereocenters. The van der Waals surface area contributed by atoms with Crippen LogP contribution in [-0.4, -0.2) is 17.1 Å². The average Bonchev–Trinajstić information content (AvgIpc) is 3.24. The quantitative estimate of drug-likeness (QED) is 0.146. The highest BCUT2D eigenvalue weighted by Gasteiger charge is 2.33. The van der Waals surface area contributed by atoms with E-state index in [2.05, 4.69) is 50.2 Å². The maximum absolute atomic E-state index is 13.9. The van der Waals surface area contributed by atoms with Crippen molar-refractivity contribution in [3.8, 4) is 5.75 Å². The number of allylic oxidation sites excluding steroid dienone is 1. The van der Waals surface area contributed by atoms with Crippen molar-refractivity contribution in [2.45, 2.75) is 33.4 Å². The number of esters is 1. The molecule has 4 aromatic rings. The molecule has 1 aliphatic rings. The summed E-state index contributed by atoms with van der Waals surface area (Å²) in [6, 6.07) is 16.5. The van der Waals surface area contributed by atoms with Gasteiger partial charge in [0.25, 0.3) is 5.56 Å². The van der Waals surface area contributed by atoms with E-state index in [9.17, 15) is 9.59 Å². The van der Waals surface area contributed by atoms with E-state index in [1.54, 1.807) is 30.5 Å². The van der Waals surface area contributed by atoms with Gasteiger partial charge in [-0.25, -0.2) is 9.79 Å². The second-order valence-electron chi connectivity index (χ2n) is 9.56. The number of carbonyl (C=O) groups is 1. The van der Waals surface area contributed by atoms with Crippen molar-refractivity contribution in [2.75, 3.05) is 6.61 Å². The molecule has 6 nitrogen and oxygen atoms in total. The number of nitrogens with zero attached hydrogens (tertiary/aromatic N) is 2. The molecule has 5 rings (SSSR count). The number of hydrogen-bond acceptors (Lipinski definition) is 6. The molecular formula is C31H24Cl2I2N2O4S. The molecule has 42 heavy (non-hydrogen) atoms. The molecule has 0 saturated carbocycles. The van der Waals surface area contributed by atoms with Crippen molar-refractivity contribution in [3.63, 3.8) is 0 Å². The Morgan fingerprint density at radius 3 is 2.38 bits per heavy atom. The van der Waals surface area contributed by atoms with Crippen LogP contribution in [0.3, 0.4) is 0 Å². The van der Waals surface area contributed by atoms with Crippen LogP contribution in [-0.2, 0) is 16.1 Å². The molecule has 1 aromatic heterocycles. The van der Waals surface area contributed by atoms with Crippen molar-refractivity contribution in [1.82, 2.24) is 4.57 Å². The van der Waals surface area contributed by atoms with Gasteiger partial charge in [-0.05, 0) is 113 Å². The Balaban J connectivity index is 1.54. The van der Waals surface area contributed by atoms with Crippen molar-refractivity contribution >= 4 is 91.8 Å². The van der Waals surface area contributed by atoms with E-state index in [-0.39, 0.29) is 12.2 Å². The van der Waals surface area contributed by atoms with Crippen LogP contribution in [0, 0.1) is 14.1 Å². The summed E-state index contributed by atoms with van der Waals surface area (Å²) in [6.45, 7) is 6.10. The second kappa shape index (κ2) is 13.2. The van der Waals surface area contributed by atoms with Crippen molar-refractivity contribution < 1.29 is 14.3 Å². The first kappa shape index (κ1) is 31.2. The van der Waals surface area contributed by atoms with E-state index in [1.165, 1.54) is 11.3 Å². The van der Waals surface area contributed by atoms with Crippen LogP contribution in [0.5, 0.6) is 5.75 Å².